The van der Waals surface area contributed by atoms with Crippen molar-refractivity contribution in [2.75, 3.05) is 18.2 Å². The predicted molar refractivity (Wildman–Crippen MR) is 146 cm³/mol. The van der Waals surface area contributed by atoms with Crippen LogP contribution in [0.3, 0.4) is 0 Å². The van der Waals surface area contributed by atoms with E-state index in [1.54, 1.807) is 42.7 Å². The maximum atomic E-state index is 13.4. The van der Waals surface area contributed by atoms with Gasteiger partial charge in [0.1, 0.15) is 17.6 Å². The smallest absolute Gasteiger partial charge is 0.259 e. The zero-order chi connectivity index (χ0) is 25.8. The van der Waals surface area contributed by atoms with Gasteiger partial charge in [-0.2, -0.15) is 0 Å². The molecule has 0 spiro atoms. The van der Waals surface area contributed by atoms with Gasteiger partial charge in [0.25, 0.3) is 5.91 Å². The molecule has 37 heavy (non-hydrogen) atoms. The number of hydrogen-bond acceptors (Lipinski definition) is 8. The fraction of sp³-hybridized carbons (Fsp3) is 0.192. The number of methoxy groups -OCH3 is 1. The Morgan fingerprint density at radius 3 is 2.78 bits per heavy atom. The molecular formula is C26H23N5O4S2. The second-order valence-electron chi connectivity index (χ2n) is 8.18. The number of para-hydroxylation sites is 1. The van der Waals surface area contributed by atoms with Crippen LogP contribution in [0.1, 0.15) is 16.9 Å². The molecule has 0 aliphatic carbocycles. The van der Waals surface area contributed by atoms with E-state index in [0.717, 1.165) is 16.6 Å². The zero-order valence-corrected chi connectivity index (χ0v) is 21.5. The van der Waals surface area contributed by atoms with Crippen molar-refractivity contribution >= 4 is 63.2 Å². The van der Waals surface area contributed by atoms with Gasteiger partial charge in [-0.05, 0) is 35.7 Å². The number of benzene rings is 2. The van der Waals surface area contributed by atoms with Gasteiger partial charge in [0, 0.05) is 22.2 Å². The van der Waals surface area contributed by atoms with Gasteiger partial charge in [0.15, 0.2) is 5.17 Å². The third-order valence-corrected chi connectivity index (χ3v) is 7.47. The minimum atomic E-state index is -0.860. The molecule has 0 bridgehead atoms. The normalized spacial score (nSPS) is 15.9. The van der Waals surface area contributed by atoms with Gasteiger partial charge in [-0.3, -0.25) is 19.4 Å². The Balaban J connectivity index is 1.28. The first-order valence-electron chi connectivity index (χ1n) is 11.5. The third-order valence-electron chi connectivity index (χ3n) is 5.65. The van der Waals surface area contributed by atoms with E-state index in [1.165, 1.54) is 4.90 Å². The molecule has 0 fully saturated rings. The van der Waals surface area contributed by atoms with Crippen LogP contribution in [-0.4, -0.2) is 52.5 Å². The highest BCUT2D eigenvalue weighted by molar-refractivity contribution is 8.14. The van der Waals surface area contributed by atoms with Crippen molar-refractivity contribution in [2.24, 2.45) is 9.98 Å². The van der Waals surface area contributed by atoms with Crippen molar-refractivity contribution in [3.63, 3.8) is 0 Å². The number of nitrogens with zero attached hydrogens (tertiary/aromatic N) is 3. The van der Waals surface area contributed by atoms with E-state index in [2.05, 4.69) is 20.6 Å². The van der Waals surface area contributed by atoms with Crippen molar-refractivity contribution in [3.8, 4) is 5.75 Å². The lowest BCUT2D eigenvalue weighted by atomic mass is 10.1. The molecule has 0 radical (unpaired) electrons. The number of amides is 3. The molecular weight excluding hydrogens is 510 g/mol. The number of thioether (sulfide) groups is 1. The molecule has 9 nitrogen and oxygen atoms in total. The van der Waals surface area contributed by atoms with Gasteiger partial charge < -0.3 is 15.4 Å². The van der Waals surface area contributed by atoms with E-state index in [0.29, 0.717) is 40.2 Å². The van der Waals surface area contributed by atoms with Crippen LogP contribution in [0.5, 0.6) is 5.75 Å². The lowest BCUT2D eigenvalue weighted by molar-refractivity contribution is -0.128. The van der Waals surface area contributed by atoms with Gasteiger partial charge in [-0.25, -0.2) is 9.89 Å². The number of anilines is 1. The molecule has 2 aliphatic heterocycles. The van der Waals surface area contributed by atoms with Gasteiger partial charge in [-0.15, -0.1) is 11.3 Å². The lowest BCUT2D eigenvalue weighted by Gasteiger charge is -2.25. The lowest BCUT2D eigenvalue weighted by Crippen LogP contribution is -2.42. The first kappa shape index (κ1) is 24.7. The number of hydrogen-bond donors (Lipinski definition) is 2. The SMILES string of the molecule is COc1cccc(NC(=O)CSC2=Nc3ccccc3C3=N[C@@H](CC(=O)NCc4cccs4)C(=O)N23)c1. The molecule has 0 saturated heterocycles. The number of carbonyl (C=O) groups is 3. The summed E-state index contributed by atoms with van der Waals surface area (Å²) < 4.78 is 5.19. The highest BCUT2D eigenvalue weighted by atomic mass is 32.2. The minimum Gasteiger partial charge on any atom is -0.497 e. The standard InChI is InChI=1S/C26H23N5O4S2/c1-35-17-7-4-6-16(12-17)28-23(33)15-37-26-30-20-10-3-2-9-19(20)24-29-21(25(34)31(24)26)13-22(32)27-14-18-8-5-11-36-18/h2-12,21H,13-15H2,1H3,(H,27,32)(H,28,33)/t21-/m0/s1. The molecule has 11 heteroatoms. The molecule has 1 atom stereocenters. The van der Waals surface area contributed by atoms with Gasteiger partial charge in [0.05, 0.1) is 31.5 Å². The second kappa shape index (κ2) is 11.0. The summed E-state index contributed by atoms with van der Waals surface area (Å²) in [6.07, 6.45) is -0.0688. The van der Waals surface area contributed by atoms with Crippen molar-refractivity contribution in [1.29, 1.82) is 0 Å². The maximum Gasteiger partial charge on any atom is 0.259 e. The van der Waals surface area contributed by atoms with E-state index in [4.69, 9.17) is 4.74 Å². The number of amidine groups is 2. The summed E-state index contributed by atoms with van der Waals surface area (Å²) in [4.78, 5) is 50.3. The van der Waals surface area contributed by atoms with E-state index in [1.807, 2.05) is 41.8 Å². The summed E-state index contributed by atoms with van der Waals surface area (Å²) in [5.74, 6) is 0.258. The Labute approximate surface area is 221 Å². The summed E-state index contributed by atoms with van der Waals surface area (Å²) in [6, 6.07) is 17.4. The van der Waals surface area contributed by atoms with E-state index in [9.17, 15) is 14.4 Å². The average molecular weight is 534 g/mol. The van der Waals surface area contributed by atoms with Crippen molar-refractivity contribution in [3.05, 3.63) is 76.5 Å². The van der Waals surface area contributed by atoms with Gasteiger partial charge in [-0.1, -0.05) is 36.0 Å². The fourth-order valence-corrected chi connectivity index (χ4v) is 5.35. The summed E-state index contributed by atoms with van der Waals surface area (Å²) >= 11 is 2.69. The highest BCUT2D eigenvalue weighted by Gasteiger charge is 2.42. The molecule has 0 saturated carbocycles. The third kappa shape index (κ3) is 5.57. The van der Waals surface area contributed by atoms with E-state index < -0.39 is 6.04 Å². The van der Waals surface area contributed by atoms with Crippen molar-refractivity contribution in [1.82, 2.24) is 10.2 Å². The first-order valence-corrected chi connectivity index (χ1v) is 13.3. The molecule has 3 amide bonds. The van der Waals surface area contributed by atoms with Crippen LogP contribution in [0.2, 0.25) is 0 Å². The minimum absolute atomic E-state index is 0.0290. The molecule has 188 valence electrons. The fourth-order valence-electron chi connectivity index (χ4n) is 3.91. The molecule has 2 aromatic carbocycles. The number of carbonyl (C=O) groups excluding carboxylic acids is 3. The summed E-state index contributed by atoms with van der Waals surface area (Å²) in [7, 11) is 1.56. The Bertz CT molecular complexity index is 1400. The van der Waals surface area contributed by atoms with Gasteiger partial charge in [0.2, 0.25) is 11.8 Å². The molecule has 3 heterocycles. The van der Waals surface area contributed by atoms with E-state index >= 15 is 0 Å². The summed E-state index contributed by atoms with van der Waals surface area (Å²) in [5.41, 5.74) is 1.97. The summed E-state index contributed by atoms with van der Waals surface area (Å²) in [6.45, 7) is 0.408. The average Bonchev–Trinajstić information content (AvgIpc) is 3.54. The van der Waals surface area contributed by atoms with Crippen LogP contribution in [-0.2, 0) is 20.9 Å². The molecule has 0 unspecified atom stereocenters. The second-order valence-corrected chi connectivity index (χ2v) is 10.2. The van der Waals surface area contributed by atoms with E-state index in [-0.39, 0.29) is 29.9 Å². The highest BCUT2D eigenvalue weighted by Crippen LogP contribution is 2.34. The number of rotatable bonds is 8. The molecule has 5 rings (SSSR count). The molecule has 2 N–H and O–H groups in total. The van der Waals surface area contributed by atoms with Crippen LogP contribution in [0.15, 0.2) is 76.0 Å². The first-order chi connectivity index (χ1) is 18.0. The number of fused-ring (bicyclic) bond motifs is 3. The largest absolute Gasteiger partial charge is 0.497 e. The topological polar surface area (TPSA) is 112 Å². The van der Waals surface area contributed by atoms with Crippen LogP contribution < -0.4 is 15.4 Å². The number of aliphatic imine (C=N–C) groups is 2. The van der Waals surface area contributed by atoms with Crippen LogP contribution >= 0.6 is 23.1 Å². The molecule has 2 aliphatic rings. The Hall–Kier alpha value is -3.96. The van der Waals surface area contributed by atoms with Crippen LogP contribution in [0, 0.1) is 0 Å². The van der Waals surface area contributed by atoms with Crippen LogP contribution in [0.25, 0.3) is 0 Å². The Kier molecular flexibility index (Phi) is 7.33. The number of thiophene rings is 1. The van der Waals surface area contributed by atoms with Crippen LogP contribution in [0.4, 0.5) is 11.4 Å². The predicted octanol–water partition coefficient (Wildman–Crippen LogP) is 3.79. The Morgan fingerprint density at radius 1 is 1.11 bits per heavy atom. The summed E-state index contributed by atoms with van der Waals surface area (Å²) in [5, 5.41) is 7.97. The quantitative estimate of drug-likeness (QED) is 0.458. The van der Waals surface area contributed by atoms with Crippen molar-refractivity contribution in [2.45, 2.75) is 19.0 Å². The van der Waals surface area contributed by atoms with Gasteiger partial charge >= 0.3 is 0 Å². The molecule has 3 aromatic rings. The monoisotopic (exact) mass is 533 g/mol. The zero-order valence-electron chi connectivity index (χ0n) is 19.8. The number of ether oxygens (including phenoxy) is 1. The molecule has 1 aromatic heterocycles. The number of nitrogens with one attached hydrogen (secondary N) is 2. The van der Waals surface area contributed by atoms with Crippen molar-refractivity contribution < 1.29 is 19.1 Å². The Morgan fingerprint density at radius 2 is 1.97 bits per heavy atom. The maximum absolute atomic E-state index is 13.4.